The number of hydrogen-bond donors (Lipinski definition) is 2. The number of pyridine rings is 2. The summed E-state index contributed by atoms with van der Waals surface area (Å²) >= 11 is 0. The van der Waals surface area contributed by atoms with Crippen molar-refractivity contribution in [1.29, 1.82) is 0 Å². The Morgan fingerprint density at radius 1 is 0.808 bits per heavy atom. The molecule has 0 atom stereocenters. The van der Waals surface area contributed by atoms with E-state index in [0.717, 1.165) is 24.5 Å². The quantitative estimate of drug-likeness (QED) is 0.715. The number of rotatable bonds is 5. The summed E-state index contributed by atoms with van der Waals surface area (Å²) < 4.78 is 5.41. The molecular formula is C17H18N8O. The average Bonchev–Trinajstić information content (AvgIpc) is 2.70. The smallest absolute Gasteiger partial charge is 0.233 e. The Morgan fingerprint density at radius 3 is 1.88 bits per heavy atom. The Morgan fingerprint density at radius 2 is 1.38 bits per heavy atom. The van der Waals surface area contributed by atoms with E-state index < -0.39 is 0 Å². The predicted molar refractivity (Wildman–Crippen MR) is 97.9 cm³/mol. The van der Waals surface area contributed by atoms with Gasteiger partial charge in [0.1, 0.15) is 0 Å². The van der Waals surface area contributed by atoms with Gasteiger partial charge in [-0.3, -0.25) is 9.97 Å². The number of nitrogens with zero attached hydrogens (tertiary/aromatic N) is 6. The van der Waals surface area contributed by atoms with E-state index >= 15 is 0 Å². The van der Waals surface area contributed by atoms with Gasteiger partial charge in [-0.25, -0.2) is 0 Å². The van der Waals surface area contributed by atoms with Crippen molar-refractivity contribution in [3.8, 4) is 0 Å². The summed E-state index contributed by atoms with van der Waals surface area (Å²) in [4.78, 5) is 23.8. The molecule has 0 aromatic carbocycles. The SMILES string of the molecule is c1cncc(Nc2nc(Nc3cccnc3)nc(N3CCOCC3)n2)c1. The lowest BCUT2D eigenvalue weighted by Crippen LogP contribution is -2.37. The Kier molecular flexibility index (Phi) is 4.79. The minimum absolute atomic E-state index is 0.445. The highest BCUT2D eigenvalue weighted by Gasteiger charge is 2.17. The van der Waals surface area contributed by atoms with Gasteiger partial charge >= 0.3 is 0 Å². The first-order valence-electron chi connectivity index (χ1n) is 8.30. The zero-order valence-electron chi connectivity index (χ0n) is 14.0. The van der Waals surface area contributed by atoms with Crippen LogP contribution in [0.5, 0.6) is 0 Å². The van der Waals surface area contributed by atoms with Gasteiger partial charge in [-0.1, -0.05) is 0 Å². The highest BCUT2D eigenvalue weighted by molar-refractivity contribution is 5.58. The number of nitrogens with one attached hydrogen (secondary N) is 2. The maximum atomic E-state index is 5.41. The number of anilines is 5. The molecule has 0 unspecified atom stereocenters. The van der Waals surface area contributed by atoms with Crippen LogP contribution >= 0.6 is 0 Å². The second kappa shape index (κ2) is 7.70. The molecule has 2 N–H and O–H groups in total. The second-order valence-corrected chi connectivity index (χ2v) is 5.62. The van der Waals surface area contributed by atoms with Crippen molar-refractivity contribution in [3.05, 3.63) is 49.1 Å². The Bertz CT molecular complexity index is 780. The van der Waals surface area contributed by atoms with Crippen molar-refractivity contribution in [2.45, 2.75) is 0 Å². The lowest BCUT2D eigenvalue weighted by Gasteiger charge is -2.27. The molecule has 0 amide bonds. The van der Waals surface area contributed by atoms with Gasteiger partial charge in [-0.05, 0) is 24.3 Å². The molecule has 1 aliphatic heterocycles. The first-order valence-corrected chi connectivity index (χ1v) is 8.30. The van der Waals surface area contributed by atoms with Crippen LogP contribution in [-0.2, 0) is 4.74 Å². The van der Waals surface area contributed by atoms with Gasteiger partial charge in [0.2, 0.25) is 17.8 Å². The lowest BCUT2D eigenvalue weighted by molar-refractivity contribution is 0.122. The van der Waals surface area contributed by atoms with Gasteiger partial charge in [0.05, 0.1) is 37.0 Å². The number of hydrogen-bond acceptors (Lipinski definition) is 9. The van der Waals surface area contributed by atoms with Crippen molar-refractivity contribution in [3.63, 3.8) is 0 Å². The van der Waals surface area contributed by atoms with Crippen LogP contribution in [0.4, 0.5) is 29.2 Å². The predicted octanol–water partition coefficient (Wildman–Crippen LogP) is 1.99. The molecule has 26 heavy (non-hydrogen) atoms. The van der Waals surface area contributed by atoms with Crippen molar-refractivity contribution >= 4 is 29.2 Å². The average molecular weight is 350 g/mol. The first-order chi connectivity index (χ1) is 12.9. The largest absolute Gasteiger partial charge is 0.378 e. The summed E-state index contributed by atoms with van der Waals surface area (Å²) in [5, 5.41) is 6.34. The minimum Gasteiger partial charge on any atom is -0.378 e. The van der Waals surface area contributed by atoms with Gasteiger partial charge in [-0.2, -0.15) is 15.0 Å². The summed E-state index contributed by atoms with van der Waals surface area (Å²) in [6.07, 6.45) is 6.86. The molecule has 1 aliphatic rings. The van der Waals surface area contributed by atoms with Gasteiger partial charge in [-0.15, -0.1) is 0 Å². The highest BCUT2D eigenvalue weighted by Crippen LogP contribution is 2.20. The summed E-state index contributed by atoms with van der Waals surface area (Å²) in [6.45, 7) is 2.79. The molecule has 1 fully saturated rings. The molecule has 0 bridgehead atoms. The van der Waals surface area contributed by atoms with Gasteiger partial charge in [0.15, 0.2) is 0 Å². The van der Waals surface area contributed by atoms with E-state index in [9.17, 15) is 0 Å². The van der Waals surface area contributed by atoms with E-state index in [1.165, 1.54) is 0 Å². The molecule has 9 nitrogen and oxygen atoms in total. The fraction of sp³-hybridized carbons (Fsp3) is 0.235. The molecule has 3 aromatic heterocycles. The van der Waals surface area contributed by atoms with Crippen LogP contribution in [0.25, 0.3) is 0 Å². The molecule has 4 rings (SSSR count). The zero-order valence-corrected chi connectivity index (χ0v) is 14.0. The van der Waals surface area contributed by atoms with Gasteiger partial charge in [0.25, 0.3) is 0 Å². The third-order valence-electron chi connectivity index (χ3n) is 3.75. The second-order valence-electron chi connectivity index (χ2n) is 5.62. The Balaban J connectivity index is 1.64. The monoisotopic (exact) mass is 350 g/mol. The molecule has 0 radical (unpaired) electrons. The summed E-state index contributed by atoms with van der Waals surface area (Å²) in [6, 6.07) is 7.50. The van der Waals surface area contributed by atoms with Gasteiger partial charge < -0.3 is 20.3 Å². The van der Waals surface area contributed by atoms with Crippen molar-refractivity contribution in [2.24, 2.45) is 0 Å². The van der Waals surface area contributed by atoms with Crippen LogP contribution in [0.15, 0.2) is 49.1 Å². The summed E-state index contributed by atoms with van der Waals surface area (Å²) in [5.41, 5.74) is 1.61. The Hall–Kier alpha value is -3.33. The number of ether oxygens (including phenoxy) is 1. The topological polar surface area (TPSA) is 101 Å². The summed E-state index contributed by atoms with van der Waals surface area (Å²) in [5.74, 6) is 1.49. The van der Waals surface area contributed by atoms with E-state index in [4.69, 9.17) is 4.74 Å². The number of morpholine rings is 1. The third-order valence-corrected chi connectivity index (χ3v) is 3.75. The molecule has 132 valence electrons. The maximum absolute atomic E-state index is 5.41. The number of aromatic nitrogens is 5. The molecule has 4 heterocycles. The Labute approximate surface area is 150 Å². The maximum Gasteiger partial charge on any atom is 0.233 e. The van der Waals surface area contributed by atoms with E-state index in [-0.39, 0.29) is 0 Å². The lowest BCUT2D eigenvalue weighted by atomic mass is 10.4. The van der Waals surface area contributed by atoms with Crippen LogP contribution in [0.1, 0.15) is 0 Å². The van der Waals surface area contributed by atoms with Crippen LogP contribution < -0.4 is 15.5 Å². The molecule has 1 saturated heterocycles. The highest BCUT2D eigenvalue weighted by atomic mass is 16.5. The van der Waals surface area contributed by atoms with E-state index in [2.05, 4.69) is 40.5 Å². The van der Waals surface area contributed by atoms with E-state index in [1.807, 2.05) is 24.3 Å². The zero-order chi connectivity index (χ0) is 17.6. The fourth-order valence-corrected chi connectivity index (χ4v) is 2.51. The standard InChI is InChI=1S/C17H18N8O/c1-3-13(11-18-5-1)20-15-22-16(21-14-4-2-6-19-12-14)24-17(23-15)25-7-9-26-10-8-25/h1-6,11-12H,7-10H2,(H2,20,21,22,23,24). The normalized spacial score (nSPS) is 14.1. The van der Waals surface area contributed by atoms with Gasteiger partial charge in [0, 0.05) is 25.5 Å². The minimum atomic E-state index is 0.445. The fourth-order valence-electron chi connectivity index (χ4n) is 2.51. The third kappa shape index (κ3) is 4.01. The van der Waals surface area contributed by atoms with Crippen molar-refractivity contribution in [1.82, 2.24) is 24.9 Å². The molecule has 0 aliphatic carbocycles. The molecule has 9 heteroatoms. The van der Waals surface area contributed by atoms with Crippen molar-refractivity contribution < 1.29 is 4.74 Å². The van der Waals surface area contributed by atoms with Crippen LogP contribution in [0.2, 0.25) is 0 Å². The molecule has 3 aromatic rings. The van der Waals surface area contributed by atoms with E-state index in [1.54, 1.807) is 24.8 Å². The first kappa shape index (κ1) is 16.2. The summed E-state index contributed by atoms with van der Waals surface area (Å²) in [7, 11) is 0. The molecule has 0 saturated carbocycles. The van der Waals surface area contributed by atoms with Crippen LogP contribution in [0, 0.1) is 0 Å². The van der Waals surface area contributed by atoms with E-state index in [0.29, 0.717) is 31.1 Å². The molecular weight excluding hydrogens is 332 g/mol. The van der Waals surface area contributed by atoms with Crippen LogP contribution in [0.3, 0.4) is 0 Å². The van der Waals surface area contributed by atoms with Crippen LogP contribution in [-0.4, -0.2) is 51.2 Å². The molecule has 0 spiro atoms. The van der Waals surface area contributed by atoms with Crippen molar-refractivity contribution in [2.75, 3.05) is 41.8 Å².